The molecule has 0 aromatic heterocycles. The monoisotopic (exact) mass is 106 g/mol. The second-order valence-electron chi connectivity index (χ2n) is 2.74. The molecule has 0 radical (unpaired) electrons. The lowest BCUT2D eigenvalue weighted by Crippen LogP contribution is -2.36. The fraction of sp³-hybridized carbons (Fsp3) is 1.00. The molecule has 0 bridgehead atoms. The zero-order chi connectivity index (χ0) is 5.91. The minimum Gasteiger partial charge on any atom is -0.391 e. The number of hydrogen-bond donors (Lipinski definition) is 1. The summed E-state index contributed by atoms with van der Waals surface area (Å²) in [4.78, 5) is 0. The Morgan fingerprint density at radius 1 is 1.57 bits per heavy atom. The number of likely N-dealkylation sites (N-methyl/N-ethyl adjacent to an activating group) is 1. The largest absolute Gasteiger partial charge is 0.391 e. The SMILES string of the molecule is C[N+](C)([14CH3])CCO. The van der Waals surface area contributed by atoms with Gasteiger partial charge >= 0.3 is 0 Å². The van der Waals surface area contributed by atoms with Crippen LogP contribution in [0.2, 0.25) is 0 Å². The average Bonchev–Trinajstić information content (AvgIpc) is 1.30. The zero-order valence-corrected chi connectivity index (χ0v) is 5.31. The summed E-state index contributed by atoms with van der Waals surface area (Å²) < 4.78 is 0.844. The number of hydrogen-bond acceptors (Lipinski definition) is 1. The Morgan fingerprint density at radius 2 is 2.00 bits per heavy atom. The van der Waals surface area contributed by atoms with E-state index in [1.165, 1.54) is 0 Å². The van der Waals surface area contributed by atoms with Crippen LogP contribution < -0.4 is 0 Å². The van der Waals surface area contributed by atoms with E-state index in [1.807, 2.05) is 0 Å². The van der Waals surface area contributed by atoms with Crippen LogP contribution in [0.25, 0.3) is 0 Å². The van der Waals surface area contributed by atoms with Crippen LogP contribution in [0.4, 0.5) is 0 Å². The summed E-state index contributed by atoms with van der Waals surface area (Å²) >= 11 is 0. The fourth-order valence-corrected chi connectivity index (χ4v) is 0.300. The molecule has 0 unspecified atom stereocenters. The molecule has 1 N–H and O–H groups in total. The number of aliphatic hydroxyl groups is 1. The summed E-state index contributed by atoms with van der Waals surface area (Å²) in [6, 6.07) is 0. The molecule has 0 heterocycles. The molecule has 0 aromatic rings. The fourth-order valence-electron chi connectivity index (χ4n) is 0.300. The van der Waals surface area contributed by atoms with E-state index in [4.69, 9.17) is 5.11 Å². The first-order valence-corrected chi connectivity index (χ1v) is 2.47. The van der Waals surface area contributed by atoms with E-state index in [-0.39, 0.29) is 6.61 Å². The van der Waals surface area contributed by atoms with Crippen molar-refractivity contribution in [2.24, 2.45) is 0 Å². The quantitative estimate of drug-likeness (QED) is 0.478. The van der Waals surface area contributed by atoms with Gasteiger partial charge in [-0.05, 0) is 0 Å². The lowest BCUT2D eigenvalue weighted by atomic mass is 10.6. The lowest BCUT2D eigenvalue weighted by Gasteiger charge is -2.21. The first-order valence-electron chi connectivity index (χ1n) is 2.47. The topological polar surface area (TPSA) is 20.2 Å². The number of rotatable bonds is 2. The Balaban J connectivity index is 3.15. The van der Waals surface area contributed by atoms with Gasteiger partial charge in [-0.25, -0.2) is 0 Å². The van der Waals surface area contributed by atoms with Gasteiger partial charge in [-0.2, -0.15) is 0 Å². The Kier molecular flexibility index (Phi) is 2.26. The second kappa shape index (κ2) is 2.28. The van der Waals surface area contributed by atoms with Crippen molar-refractivity contribution in [2.75, 3.05) is 34.3 Å². The van der Waals surface area contributed by atoms with E-state index in [9.17, 15) is 0 Å². The van der Waals surface area contributed by atoms with Crippen molar-refractivity contribution in [1.29, 1.82) is 0 Å². The van der Waals surface area contributed by atoms with Crippen LogP contribution in [-0.2, 0) is 0 Å². The standard InChI is InChI=1S/C5H14NO/c1-6(2,3)4-5-7/h7H,4-5H2,1-3H3/q+1/i1+2. The maximum Gasteiger partial charge on any atom is 0.101 e. The van der Waals surface area contributed by atoms with Crippen molar-refractivity contribution < 1.29 is 9.59 Å². The summed E-state index contributed by atoms with van der Waals surface area (Å²) in [6.45, 7) is 1.11. The summed E-state index contributed by atoms with van der Waals surface area (Å²) in [5.74, 6) is 0. The third kappa shape index (κ3) is 5.92. The van der Waals surface area contributed by atoms with Crippen LogP contribution in [0.3, 0.4) is 0 Å². The highest BCUT2D eigenvalue weighted by Crippen LogP contribution is 1.84. The van der Waals surface area contributed by atoms with E-state index < -0.39 is 0 Å². The van der Waals surface area contributed by atoms with Gasteiger partial charge in [0.15, 0.2) is 0 Å². The van der Waals surface area contributed by atoms with Crippen LogP contribution in [0.1, 0.15) is 0 Å². The highest BCUT2D eigenvalue weighted by Gasteiger charge is 2.02. The Labute approximate surface area is 45.0 Å². The molecule has 7 heavy (non-hydrogen) atoms. The van der Waals surface area contributed by atoms with Crippen LogP contribution >= 0.6 is 0 Å². The minimum atomic E-state index is 0.281. The summed E-state index contributed by atoms with van der Waals surface area (Å²) in [5, 5.41) is 8.39. The molecule has 0 aliphatic carbocycles. The molecule has 0 saturated heterocycles. The van der Waals surface area contributed by atoms with Crippen molar-refractivity contribution >= 4 is 0 Å². The van der Waals surface area contributed by atoms with Gasteiger partial charge in [0, 0.05) is 0 Å². The average molecular weight is 106 g/mol. The molecule has 2 nitrogen and oxygen atoms in total. The van der Waals surface area contributed by atoms with Crippen molar-refractivity contribution in [3.05, 3.63) is 0 Å². The zero-order valence-electron chi connectivity index (χ0n) is 5.31. The van der Waals surface area contributed by atoms with Gasteiger partial charge in [0.25, 0.3) is 0 Å². The molecule has 0 aromatic carbocycles. The van der Waals surface area contributed by atoms with Crippen LogP contribution in [0.5, 0.6) is 0 Å². The molecular weight excluding hydrogens is 92.1 g/mol. The van der Waals surface area contributed by atoms with Crippen LogP contribution in [-0.4, -0.2) is 43.9 Å². The lowest BCUT2D eigenvalue weighted by molar-refractivity contribution is -0.870. The molecule has 0 aliphatic rings. The Bertz CT molecular complexity index is 46.5. The number of quaternary nitrogens is 1. The third-order valence-corrected chi connectivity index (χ3v) is 0.771. The Morgan fingerprint density at radius 3 is 2.00 bits per heavy atom. The molecule has 0 aliphatic heterocycles. The first-order chi connectivity index (χ1) is 3.06. The Hall–Kier alpha value is -0.0800. The predicted octanol–water partition coefficient (Wildman–Crippen LogP) is -0.315. The van der Waals surface area contributed by atoms with Gasteiger partial charge in [0.1, 0.15) is 6.54 Å². The minimum absolute atomic E-state index is 0.281. The highest BCUT2D eigenvalue weighted by atomic mass is 16.3. The molecule has 0 fully saturated rings. The summed E-state index contributed by atoms with van der Waals surface area (Å²) in [7, 11) is 6.16. The number of nitrogens with zero attached hydrogens (tertiary/aromatic N) is 1. The molecule has 0 amide bonds. The molecule has 0 saturated carbocycles. The molecule has 0 atom stereocenters. The first kappa shape index (κ1) is 6.92. The molecule has 0 rings (SSSR count). The predicted molar refractivity (Wildman–Crippen MR) is 30.0 cm³/mol. The summed E-state index contributed by atoms with van der Waals surface area (Å²) in [5.41, 5.74) is 0. The molecular formula is C5H14NO+. The molecule has 2 heteroatoms. The normalized spacial score (nSPS) is 12.0. The number of aliphatic hydroxyl groups excluding tert-OH is 1. The second-order valence-corrected chi connectivity index (χ2v) is 2.74. The van der Waals surface area contributed by atoms with Gasteiger partial charge in [-0.15, -0.1) is 0 Å². The van der Waals surface area contributed by atoms with Gasteiger partial charge in [-0.1, -0.05) is 0 Å². The van der Waals surface area contributed by atoms with Crippen molar-refractivity contribution in [1.82, 2.24) is 0 Å². The molecule has 44 valence electrons. The van der Waals surface area contributed by atoms with Gasteiger partial charge < -0.3 is 9.59 Å². The van der Waals surface area contributed by atoms with E-state index in [0.29, 0.717) is 0 Å². The van der Waals surface area contributed by atoms with Gasteiger partial charge in [0.2, 0.25) is 0 Å². The van der Waals surface area contributed by atoms with Gasteiger partial charge in [-0.3, -0.25) is 0 Å². The maximum absolute atomic E-state index is 8.39. The summed E-state index contributed by atoms with van der Waals surface area (Å²) in [6.07, 6.45) is 0. The highest BCUT2D eigenvalue weighted by molar-refractivity contribution is 4.19. The third-order valence-electron chi connectivity index (χ3n) is 0.771. The van der Waals surface area contributed by atoms with Crippen molar-refractivity contribution in [2.45, 2.75) is 0 Å². The van der Waals surface area contributed by atoms with E-state index >= 15 is 0 Å². The van der Waals surface area contributed by atoms with Crippen molar-refractivity contribution in [3.8, 4) is 0 Å². The van der Waals surface area contributed by atoms with Gasteiger partial charge in [0.05, 0.1) is 27.7 Å². The smallest absolute Gasteiger partial charge is 0.101 e. The van der Waals surface area contributed by atoms with Crippen LogP contribution in [0.15, 0.2) is 0 Å². The van der Waals surface area contributed by atoms with E-state index in [1.54, 1.807) is 0 Å². The van der Waals surface area contributed by atoms with E-state index in [0.717, 1.165) is 11.0 Å². The maximum atomic E-state index is 8.39. The van der Waals surface area contributed by atoms with E-state index in [2.05, 4.69) is 21.1 Å². The molecule has 0 spiro atoms. The van der Waals surface area contributed by atoms with Crippen LogP contribution in [0, 0.1) is 0 Å². The van der Waals surface area contributed by atoms with Crippen molar-refractivity contribution in [3.63, 3.8) is 0 Å².